The van der Waals surface area contributed by atoms with Crippen LogP contribution in [0, 0.1) is 12.7 Å². The number of nitrogens with two attached hydrogens (primary N) is 1. The minimum Gasteiger partial charge on any atom is -0.479 e. The summed E-state index contributed by atoms with van der Waals surface area (Å²) in [6, 6.07) is 0.837. The second-order valence-corrected chi connectivity index (χ2v) is 3.94. The van der Waals surface area contributed by atoms with Gasteiger partial charge in [-0.3, -0.25) is 5.84 Å². The monoisotopic (exact) mass is 263 g/mol. The van der Waals surface area contributed by atoms with E-state index in [0.717, 1.165) is 5.56 Å². The fourth-order valence-electron chi connectivity index (χ4n) is 1.66. The molecule has 100 valence electrons. The molecule has 3 N–H and O–H groups in total. The Balaban J connectivity index is 2.45. The molecule has 0 radical (unpaired) electrons. The van der Waals surface area contributed by atoms with Gasteiger partial charge in [-0.05, 0) is 18.6 Å². The molecule has 7 heteroatoms. The number of pyridine rings is 1. The Morgan fingerprint density at radius 2 is 2.00 bits per heavy atom. The molecule has 6 nitrogen and oxygen atoms in total. The van der Waals surface area contributed by atoms with Gasteiger partial charge in [0.1, 0.15) is 6.04 Å². The Morgan fingerprint density at radius 3 is 2.58 bits per heavy atom. The van der Waals surface area contributed by atoms with E-state index in [9.17, 15) is 4.39 Å². The number of nitrogens with one attached hydrogen (secondary N) is 1. The molecule has 1 atom stereocenters. The number of hydrazine groups is 1. The summed E-state index contributed by atoms with van der Waals surface area (Å²) in [5, 5.41) is 0. The number of halogens is 1. The maximum Gasteiger partial charge on any atom is 0.250 e. The summed E-state index contributed by atoms with van der Waals surface area (Å²) in [5.74, 6) is 5.17. The first-order valence-corrected chi connectivity index (χ1v) is 5.60. The highest BCUT2D eigenvalue weighted by atomic mass is 19.1. The summed E-state index contributed by atoms with van der Waals surface area (Å²) < 4.78 is 19.0. The molecule has 1 unspecified atom stereocenters. The molecule has 0 fully saturated rings. The highest BCUT2D eigenvalue weighted by molar-refractivity contribution is 5.30. The van der Waals surface area contributed by atoms with Gasteiger partial charge in [0.2, 0.25) is 5.88 Å². The SMILES string of the molecule is COc1nccc(C(NN)c2ncc(C)cn2)c1F. The van der Waals surface area contributed by atoms with Crippen LogP contribution in [0.3, 0.4) is 0 Å². The van der Waals surface area contributed by atoms with Gasteiger partial charge in [0.05, 0.1) is 7.11 Å². The molecule has 0 saturated heterocycles. The van der Waals surface area contributed by atoms with Crippen molar-refractivity contribution in [2.45, 2.75) is 13.0 Å². The summed E-state index contributed by atoms with van der Waals surface area (Å²) >= 11 is 0. The second-order valence-electron chi connectivity index (χ2n) is 3.94. The zero-order valence-electron chi connectivity index (χ0n) is 10.6. The molecule has 0 saturated carbocycles. The number of hydrogen-bond acceptors (Lipinski definition) is 6. The largest absolute Gasteiger partial charge is 0.479 e. The van der Waals surface area contributed by atoms with Crippen molar-refractivity contribution < 1.29 is 9.13 Å². The van der Waals surface area contributed by atoms with Crippen molar-refractivity contribution in [2.75, 3.05) is 7.11 Å². The van der Waals surface area contributed by atoms with E-state index in [-0.39, 0.29) is 11.4 Å². The summed E-state index contributed by atoms with van der Waals surface area (Å²) in [4.78, 5) is 12.1. The van der Waals surface area contributed by atoms with Gasteiger partial charge in [0.25, 0.3) is 0 Å². The topological polar surface area (TPSA) is 86.0 Å². The molecule has 0 aliphatic heterocycles. The fourth-order valence-corrected chi connectivity index (χ4v) is 1.66. The molecule has 0 aromatic carbocycles. The van der Waals surface area contributed by atoms with E-state index in [1.807, 2.05) is 6.92 Å². The van der Waals surface area contributed by atoms with Crippen LogP contribution in [0.4, 0.5) is 4.39 Å². The number of nitrogens with zero attached hydrogens (tertiary/aromatic N) is 3. The molecular weight excluding hydrogens is 249 g/mol. The van der Waals surface area contributed by atoms with Gasteiger partial charge < -0.3 is 4.74 Å². The van der Waals surface area contributed by atoms with Crippen molar-refractivity contribution in [3.8, 4) is 5.88 Å². The Bertz CT molecular complexity index is 561. The predicted octanol–water partition coefficient (Wildman–Crippen LogP) is 0.880. The minimum absolute atomic E-state index is 0.0927. The van der Waals surface area contributed by atoms with E-state index in [1.54, 1.807) is 12.4 Å². The number of hydrogen-bond donors (Lipinski definition) is 2. The molecule has 0 spiro atoms. The van der Waals surface area contributed by atoms with E-state index < -0.39 is 11.9 Å². The van der Waals surface area contributed by atoms with Gasteiger partial charge in [-0.2, -0.15) is 0 Å². The van der Waals surface area contributed by atoms with Crippen molar-refractivity contribution >= 4 is 0 Å². The van der Waals surface area contributed by atoms with E-state index in [0.29, 0.717) is 5.82 Å². The Morgan fingerprint density at radius 1 is 1.32 bits per heavy atom. The van der Waals surface area contributed by atoms with Crippen molar-refractivity contribution in [1.82, 2.24) is 20.4 Å². The lowest BCUT2D eigenvalue weighted by atomic mass is 10.1. The van der Waals surface area contributed by atoms with Crippen LogP contribution in [-0.2, 0) is 0 Å². The van der Waals surface area contributed by atoms with Crippen LogP contribution < -0.4 is 16.0 Å². The van der Waals surface area contributed by atoms with Crippen molar-refractivity contribution in [1.29, 1.82) is 0 Å². The van der Waals surface area contributed by atoms with Gasteiger partial charge in [0, 0.05) is 24.2 Å². The van der Waals surface area contributed by atoms with Crippen molar-refractivity contribution in [3.63, 3.8) is 0 Å². The third-order valence-electron chi connectivity index (χ3n) is 2.62. The zero-order chi connectivity index (χ0) is 13.8. The van der Waals surface area contributed by atoms with Crippen molar-refractivity contribution in [2.24, 2.45) is 5.84 Å². The number of ether oxygens (including phenoxy) is 1. The lowest BCUT2D eigenvalue weighted by Gasteiger charge is -2.16. The summed E-state index contributed by atoms with van der Waals surface area (Å²) in [7, 11) is 1.35. The second kappa shape index (κ2) is 5.68. The van der Waals surface area contributed by atoms with Gasteiger partial charge >= 0.3 is 0 Å². The molecule has 0 aliphatic carbocycles. The van der Waals surface area contributed by atoms with Gasteiger partial charge in [-0.15, -0.1) is 0 Å². The normalized spacial score (nSPS) is 12.2. The highest BCUT2D eigenvalue weighted by Gasteiger charge is 2.22. The number of rotatable bonds is 4. The third-order valence-corrected chi connectivity index (χ3v) is 2.62. The molecule has 2 aromatic rings. The third kappa shape index (κ3) is 2.67. The molecule has 19 heavy (non-hydrogen) atoms. The van der Waals surface area contributed by atoms with Crippen LogP contribution >= 0.6 is 0 Å². The maximum absolute atomic E-state index is 14.1. The van der Waals surface area contributed by atoms with Crippen molar-refractivity contribution in [3.05, 3.63) is 47.4 Å². The van der Waals surface area contributed by atoms with Crippen LogP contribution in [0.2, 0.25) is 0 Å². The van der Waals surface area contributed by atoms with Crippen LogP contribution in [0.25, 0.3) is 0 Å². The highest BCUT2D eigenvalue weighted by Crippen LogP contribution is 2.25. The minimum atomic E-state index is -0.669. The molecule has 0 amide bonds. The van der Waals surface area contributed by atoms with Crippen LogP contribution in [0.5, 0.6) is 5.88 Å². The first-order valence-electron chi connectivity index (χ1n) is 5.60. The number of aryl methyl sites for hydroxylation is 1. The summed E-state index contributed by atoms with van der Waals surface area (Å²) in [5.41, 5.74) is 3.68. The fraction of sp³-hybridized carbons (Fsp3) is 0.250. The molecule has 0 aliphatic rings. The van der Waals surface area contributed by atoms with Crippen LogP contribution in [0.1, 0.15) is 23.0 Å². The average molecular weight is 263 g/mol. The quantitative estimate of drug-likeness (QED) is 0.629. The van der Waals surface area contributed by atoms with Gasteiger partial charge in [-0.1, -0.05) is 0 Å². The lowest BCUT2D eigenvalue weighted by Crippen LogP contribution is -2.31. The van der Waals surface area contributed by atoms with Crippen LogP contribution in [0.15, 0.2) is 24.7 Å². The zero-order valence-corrected chi connectivity index (χ0v) is 10.6. The maximum atomic E-state index is 14.1. The first-order chi connectivity index (χ1) is 9.17. The Kier molecular flexibility index (Phi) is 3.98. The average Bonchev–Trinajstić information content (AvgIpc) is 2.43. The van der Waals surface area contributed by atoms with E-state index >= 15 is 0 Å². The summed E-state index contributed by atoms with van der Waals surface area (Å²) in [6.45, 7) is 1.87. The van der Waals surface area contributed by atoms with Gasteiger partial charge in [-0.25, -0.2) is 24.8 Å². The van der Waals surface area contributed by atoms with E-state index in [4.69, 9.17) is 10.6 Å². The molecule has 0 bridgehead atoms. The van der Waals surface area contributed by atoms with Gasteiger partial charge in [0.15, 0.2) is 11.6 Å². The Hall–Kier alpha value is -2.12. The molecule has 2 aromatic heterocycles. The summed E-state index contributed by atoms with van der Waals surface area (Å²) in [6.07, 6.45) is 4.72. The Labute approximate surface area is 109 Å². The molecule has 2 heterocycles. The first kappa shape index (κ1) is 13.3. The molecular formula is C12H14FN5O. The standard InChI is InChI=1S/C12H14FN5O/c1-7-5-16-11(17-6-7)10(18-14)8-3-4-15-12(19-2)9(8)13/h3-6,10,18H,14H2,1-2H3. The lowest BCUT2D eigenvalue weighted by molar-refractivity contribution is 0.364. The molecule has 2 rings (SSSR count). The van der Waals surface area contributed by atoms with E-state index in [1.165, 1.54) is 19.4 Å². The number of aromatic nitrogens is 3. The van der Waals surface area contributed by atoms with Crippen LogP contribution in [-0.4, -0.2) is 22.1 Å². The predicted molar refractivity (Wildman–Crippen MR) is 66.7 cm³/mol. The number of methoxy groups -OCH3 is 1. The van der Waals surface area contributed by atoms with E-state index in [2.05, 4.69) is 20.4 Å². The smallest absolute Gasteiger partial charge is 0.250 e.